The Hall–Kier alpha value is -2.11. The zero-order valence-electron chi connectivity index (χ0n) is 11.8. The van der Waals surface area contributed by atoms with Gasteiger partial charge in [0.15, 0.2) is 6.61 Å². The molecule has 1 amide bonds. The van der Waals surface area contributed by atoms with Gasteiger partial charge < -0.3 is 14.7 Å². The van der Waals surface area contributed by atoms with E-state index in [1.54, 1.807) is 4.90 Å². The molecule has 0 aliphatic carbocycles. The molecule has 5 nitrogen and oxygen atoms in total. The number of hydrogen-bond acceptors (Lipinski definition) is 3. The van der Waals surface area contributed by atoms with Gasteiger partial charge in [0.05, 0.1) is 0 Å². The van der Waals surface area contributed by atoms with Crippen LogP contribution in [0.15, 0.2) is 18.2 Å². The smallest absolute Gasteiger partial charge is 0.339 e. The van der Waals surface area contributed by atoms with Crippen LogP contribution in [0.1, 0.15) is 30.1 Å². The van der Waals surface area contributed by atoms with Crippen LogP contribution in [-0.2, 0) is 4.79 Å². The highest BCUT2D eigenvalue weighted by Gasteiger charge is 2.21. The summed E-state index contributed by atoms with van der Waals surface area (Å²) >= 11 is 0. The molecule has 0 radical (unpaired) electrons. The van der Waals surface area contributed by atoms with Crippen molar-refractivity contribution in [3.05, 3.63) is 29.6 Å². The number of halogens is 1. The van der Waals surface area contributed by atoms with Gasteiger partial charge in [-0.15, -0.1) is 0 Å². The maximum absolute atomic E-state index is 13.0. The summed E-state index contributed by atoms with van der Waals surface area (Å²) in [4.78, 5) is 24.7. The number of benzene rings is 1. The molecule has 1 aliphatic rings. The van der Waals surface area contributed by atoms with E-state index in [0.717, 1.165) is 25.0 Å². The van der Waals surface area contributed by atoms with E-state index in [4.69, 9.17) is 9.84 Å². The van der Waals surface area contributed by atoms with Crippen molar-refractivity contribution < 1.29 is 23.8 Å². The van der Waals surface area contributed by atoms with Crippen LogP contribution in [0.3, 0.4) is 0 Å². The molecular weight excluding hydrogens is 277 g/mol. The second-order valence-electron chi connectivity index (χ2n) is 5.30. The van der Waals surface area contributed by atoms with Gasteiger partial charge in [-0.1, -0.05) is 6.92 Å². The molecule has 1 aromatic carbocycles. The molecule has 0 atom stereocenters. The maximum Gasteiger partial charge on any atom is 0.339 e. The molecule has 1 saturated heterocycles. The number of nitrogens with zero attached hydrogens (tertiary/aromatic N) is 1. The number of carbonyl (C=O) groups excluding carboxylic acids is 1. The van der Waals surface area contributed by atoms with E-state index in [9.17, 15) is 14.0 Å². The number of piperidine rings is 1. The number of rotatable bonds is 4. The first-order chi connectivity index (χ1) is 9.97. The zero-order chi connectivity index (χ0) is 15.4. The van der Waals surface area contributed by atoms with Gasteiger partial charge >= 0.3 is 5.97 Å². The van der Waals surface area contributed by atoms with Crippen LogP contribution >= 0.6 is 0 Å². The number of carbonyl (C=O) groups is 2. The molecule has 2 rings (SSSR count). The molecule has 0 saturated carbocycles. The summed E-state index contributed by atoms with van der Waals surface area (Å²) in [6.45, 7) is 3.30. The summed E-state index contributed by atoms with van der Waals surface area (Å²) in [6.07, 6.45) is 1.92. The summed E-state index contributed by atoms with van der Waals surface area (Å²) in [5.74, 6) is -1.50. The Morgan fingerprint density at radius 1 is 1.38 bits per heavy atom. The Labute approximate surface area is 122 Å². The summed E-state index contributed by atoms with van der Waals surface area (Å²) < 4.78 is 18.3. The van der Waals surface area contributed by atoms with Gasteiger partial charge in [-0.2, -0.15) is 0 Å². The number of ether oxygens (including phenoxy) is 1. The quantitative estimate of drug-likeness (QED) is 0.924. The number of carboxylic acids is 1. The first kappa shape index (κ1) is 15.3. The largest absolute Gasteiger partial charge is 0.483 e. The number of likely N-dealkylation sites (tertiary alicyclic amines) is 1. The molecule has 1 aromatic rings. The lowest BCUT2D eigenvalue weighted by molar-refractivity contribution is -0.134. The van der Waals surface area contributed by atoms with E-state index in [1.165, 1.54) is 6.07 Å². The Kier molecular flexibility index (Phi) is 4.77. The van der Waals surface area contributed by atoms with Crippen molar-refractivity contribution in [2.45, 2.75) is 19.8 Å². The minimum Gasteiger partial charge on any atom is -0.483 e. The summed E-state index contributed by atoms with van der Waals surface area (Å²) in [5.41, 5.74) is -0.282. The van der Waals surface area contributed by atoms with Gasteiger partial charge in [0.2, 0.25) is 0 Å². The maximum atomic E-state index is 13.0. The Morgan fingerprint density at radius 3 is 2.67 bits per heavy atom. The summed E-state index contributed by atoms with van der Waals surface area (Å²) in [5, 5.41) is 8.99. The predicted octanol–water partition coefficient (Wildman–Crippen LogP) is 2.16. The molecule has 6 heteroatoms. The van der Waals surface area contributed by atoms with Crippen LogP contribution in [0.5, 0.6) is 5.75 Å². The van der Waals surface area contributed by atoms with E-state index in [-0.39, 0.29) is 23.8 Å². The minimum atomic E-state index is -1.29. The van der Waals surface area contributed by atoms with Crippen LogP contribution < -0.4 is 4.74 Å². The molecule has 0 bridgehead atoms. The average molecular weight is 295 g/mol. The fourth-order valence-electron chi connectivity index (χ4n) is 2.28. The molecule has 1 heterocycles. The minimum absolute atomic E-state index is 0.00243. The fraction of sp³-hybridized carbons (Fsp3) is 0.467. The van der Waals surface area contributed by atoms with E-state index in [1.807, 2.05) is 0 Å². The van der Waals surface area contributed by atoms with Crippen LogP contribution in [-0.4, -0.2) is 41.6 Å². The lowest BCUT2D eigenvalue weighted by Crippen LogP contribution is -2.40. The highest BCUT2D eigenvalue weighted by molar-refractivity contribution is 5.91. The van der Waals surface area contributed by atoms with Crippen molar-refractivity contribution in [1.82, 2.24) is 4.90 Å². The standard InChI is InChI=1S/C15H18FNO4/c1-10-4-6-17(7-5-10)14(18)9-21-13-3-2-11(16)8-12(13)15(19)20/h2-3,8,10H,4-7,9H2,1H3,(H,19,20). The second-order valence-corrected chi connectivity index (χ2v) is 5.30. The third kappa shape index (κ3) is 3.93. The van der Waals surface area contributed by atoms with Crippen molar-refractivity contribution in [1.29, 1.82) is 0 Å². The highest BCUT2D eigenvalue weighted by atomic mass is 19.1. The predicted molar refractivity (Wildman–Crippen MR) is 73.8 cm³/mol. The molecule has 1 aliphatic heterocycles. The topological polar surface area (TPSA) is 66.8 Å². The second kappa shape index (κ2) is 6.56. The van der Waals surface area contributed by atoms with Crippen molar-refractivity contribution in [2.24, 2.45) is 5.92 Å². The molecule has 0 spiro atoms. The third-order valence-electron chi connectivity index (χ3n) is 3.66. The van der Waals surface area contributed by atoms with Gasteiger partial charge in [0.1, 0.15) is 17.1 Å². The monoisotopic (exact) mass is 295 g/mol. The molecule has 1 N–H and O–H groups in total. The molecule has 0 unspecified atom stereocenters. The lowest BCUT2D eigenvalue weighted by atomic mass is 9.99. The molecule has 1 fully saturated rings. The Balaban J connectivity index is 1.96. The number of amides is 1. The third-order valence-corrected chi connectivity index (χ3v) is 3.66. The van der Waals surface area contributed by atoms with Gasteiger partial charge in [0, 0.05) is 13.1 Å². The number of hydrogen-bond donors (Lipinski definition) is 1. The van der Waals surface area contributed by atoms with E-state index in [2.05, 4.69) is 6.92 Å². The Bertz CT molecular complexity index is 538. The molecule has 0 aromatic heterocycles. The van der Waals surface area contributed by atoms with E-state index < -0.39 is 11.8 Å². The summed E-state index contributed by atoms with van der Waals surface area (Å²) in [7, 11) is 0. The van der Waals surface area contributed by atoms with Gasteiger partial charge in [-0.05, 0) is 37.0 Å². The van der Waals surface area contributed by atoms with Gasteiger partial charge in [-0.3, -0.25) is 4.79 Å². The van der Waals surface area contributed by atoms with Crippen LogP contribution in [0, 0.1) is 11.7 Å². The normalized spacial score (nSPS) is 15.8. The first-order valence-electron chi connectivity index (χ1n) is 6.91. The van der Waals surface area contributed by atoms with Gasteiger partial charge in [-0.25, -0.2) is 9.18 Å². The highest BCUT2D eigenvalue weighted by Crippen LogP contribution is 2.20. The van der Waals surface area contributed by atoms with Crippen molar-refractivity contribution in [3.63, 3.8) is 0 Å². The van der Waals surface area contributed by atoms with Crippen LogP contribution in [0.25, 0.3) is 0 Å². The fourth-order valence-corrected chi connectivity index (χ4v) is 2.28. The van der Waals surface area contributed by atoms with Crippen LogP contribution in [0.2, 0.25) is 0 Å². The molecule has 21 heavy (non-hydrogen) atoms. The van der Waals surface area contributed by atoms with Crippen molar-refractivity contribution in [2.75, 3.05) is 19.7 Å². The SMILES string of the molecule is CC1CCN(C(=O)COc2ccc(F)cc2C(=O)O)CC1. The molecular formula is C15H18FNO4. The Morgan fingerprint density at radius 2 is 2.05 bits per heavy atom. The van der Waals surface area contributed by atoms with Crippen LogP contribution in [0.4, 0.5) is 4.39 Å². The van der Waals surface area contributed by atoms with Crippen molar-refractivity contribution in [3.8, 4) is 5.75 Å². The average Bonchev–Trinajstić information content (AvgIpc) is 2.46. The summed E-state index contributed by atoms with van der Waals surface area (Å²) in [6, 6.07) is 3.21. The van der Waals surface area contributed by atoms with Gasteiger partial charge in [0.25, 0.3) is 5.91 Å². The zero-order valence-corrected chi connectivity index (χ0v) is 11.8. The van der Waals surface area contributed by atoms with E-state index >= 15 is 0 Å². The molecule has 114 valence electrons. The van der Waals surface area contributed by atoms with E-state index in [0.29, 0.717) is 19.0 Å². The number of aromatic carboxylic acids is 1. The first-order valence-corrected chi connectivity index (χ1v) is 6.91. The number of carboxylic acid groups (broad SMARTS) is 1. The lowest BCUT2D eigenvalue weighted by Gasteiger charge is -2.30. The van der Waals surface area contributed by atoms with Crippen molar-refractivity contribution >= 4 is 11.9 Å².